The Morgan fingerprint density at radius 1 is 1.65 bits per heavy atom. The number of amides is 1. The van der Waals surface area contributed by atoms with Gasteiger partial charge in [0.05, 0.1) is 6.10 Å². The first kappa shape index (κ1) is 14.0. The first-order chi connectivity index (χ1) is 7.97. The zero-order chi connectivity index (χ0) is 13.1. The zero-order valence-corrected chi connectivity index (χ0v) is 10.7. The summed E-state index contributed by atoms with van der Waals surface area (Å²) in [6.07, 6.45) is 2.06. The van der Waals surface area contributed by atoms with E-state index in [4.69, 9.17) is 4.74 Å². The number of rotatable bonds is 5. The number of nitrogens with zero attached hydrogens (tertiary/aromatic N) is 1. The van der Waals surface area contributed by atoms with E-state index in [-0.39, 0.29) is 12.1 Å². The molecule has 0 aromatic heterocycles. The number of ether oxygens (including phenoxy) is 1. The van der Waals surface area contributed by atoms with Gasteiger partial charge in [0, 0.05) is 25.5 Å². The molecule has 2 unspecified atom stereocenters. The van der Waals surface area contributed by atoms with Crippen molar-refractivity contribution in [1.82, 2.24) is 4.90 Å². The number of carboxylic acids is 1. The Bertz CT molecular complexity index is 292. The molecule has 5 heteroatoms. The number of carbonyl (C=O) groups is 2. The van der Waals surface area contributed by atoms with Gasteiger partial charge in [0.15, 0.2) is 0 Å². The zero-order valence-electron chi connectivity index (χ0n) is 10.7. The first-order valence-electron chi connectivity index (χ1n) is 6.06. The maximum atomic E-state index is 11.6. The molecule has 1 saturated heterocycles. The van der Waals surface area contributed by atoms with Crippen LogP contribution in [0.15, 0.2) is 0 Å². The van der Waals surface area contributed by atoms with E-state index in [0.29, 0.717) is 25.9 Å². The highest BCUT2D eigenvalue weighted by Gasteiger charge is 2.48. The second-order valence-electron chi connectivity index (χ2n) is 4.80. The van der Waals surface area contributed by atoms with E-state index in [1.54, 1.807) is 0 Å². The molecule has 1 rings (SSSR count). The Balaban J connectivity index is 3.03. The van der Waals surface area contributed by atoms with Crippen molar-refractivity contribution < 1.29 is 19.4 Å². The monoisotopic (exact) mass is 243 g/mol. The summed E-state index contributed by atoms with van der Waals surface area (Å²) in [4.78, 5) is 24.2. The van der Waals surface area contributed by atoms with Crippen molar-refractivity contribution in [2.75, 3.05) is 6.61 Å². The largest absolute Gasteiger partial charge is 0.479 e. The van der Waals surface area contributed by atoms with E-state index < -0.39 is 11.5 Å². The third kappa shape index (κ3) is 2.60. The first-order valence-corrected chi connectivity index (χ1v) is 6.06. The summed E-state index contributed by atoms with van der Waals surface area (Å²) in [7, 11) is 0. The number of carboxylic acid groups (broad SMARTS) is 1. The highest BCUT2D eigenvalue weighted by molar-refractivity contribution is 5.81. The fourth-order valence-electron chi connectivity index (χ4n) is 2.45. The normalized spacial score (nSPS) is 29.1. The summed E-state index contributed by atoms with van der Waals surface area (Å²) < 4.78 is 5.50. The van der Waals surface area contributed by atoms with Gasteiger partial charge in [0.2, 0.25) is 6.41 Å². The van der Waals surface area contributed by atoms with Gasteiger partial charge >= 0.3 is 5.97 Å². The molecule has 5 nitrogen and oxygen atoms in total. The van der Waals surface area contributed by atoms with Crippen LogP contribution >= 0.6 is 0 Å². The van der Waals surface area contributed by atoms with Gasteiger partial charge in [0.1, 0.15) is 5.54 Å². The predicted octanol–water partition coefficient (Wildman–Crippen LogP) is 1.27. The van der Waals surface area contributed by atoms with Crippen molar-refractivity contribution in [2.24, 2.45) is 0 Å². The average molecular weight is 243 g/mol. The molecule has 98 valence electrons. The molecule has 1 heterocycles. The third-order valence-electron chi connectivity index (χ3n) is 3.45. The molecule has 1 N–H and O–H groups in total. The van der Waals surface area contributed by atoms with Crippen molar-refractivity contribution in [3.05, 3.63) is 0 Å². The van der Waals surface area contributed by atoms with Gasteiger partial charge in [-0.1, -0.05) is 6.92 Å². The van der Waals surface area contributed by atoms with Crippen LogP contribution in [0.3, 0.4) is 0 Å². The molecule has 1 amide bonds. The maximum absolute atomic E-state index is 11.6. The Kier molecular flexibility index (Phi) is 4.51. The topological polar surface area (TPSA) is 66.8 Å². The van der Waals surface area contributed by atoms with E-state index in [0.717, 1.165) is 6.42 Å². The van der Waals surface area contributed by atoms with Crippen molar-refractivity contribution in [3.8, 4) is 0 Å². The summed E-state index contributed by atoms with van der Waals surface area (Å²) in [5, 5.41) is 9.50. The van der Waals surface area contributed by atoms with E-state index in [1.165, 1.54) is 4.90 Å². The second-order valence-corrected chi connectivity index (χ2v) is 4.80. The second kappa shape index (κ2) is 5.49. The summed E-state index contributed by atoms with van der Waals surface area (Å²) >= 11 is 0. The van der Waals surface area contributed by atoms with Crippen LogP contribution in [0.2, 0.25) is 0 Å². The van der Waals surface area contributed by atoms with E-state index in [2.05, 4.69) is 0 Å². The Hall–Kier alpha value is -1.10. The average Bonchev–Trinajstić information content (AvgIpc) is 2.29. The molecule has 1 aliphatic heterocycles. The van der Waals surface area contributed by atoms with Crippen molar-refractivity contribution in [3.63, 3.8) is 0 Å². The predicted molar refractivity (Wildman–Crippen MR) is 62.7 cm³/mol. The Morgan fingerprint density at radius 3 is 2.71 bits per heavy atom. The van der Waals surface area contributed by atoms with Crippen LogP contribution in [0, 0.1) is 0 Å². The lowest BCUT2D eigenvalue weighted by Gasteiger charge is -2.45. The molecule has 0 bridgehead atoms. The highest BCUT2D eigenvalue weighted by Crippen LogP contribution is 2.33. The lowest BCUT2D eigenvalue weighted by Crippen LogP contribution is -2.60. The van der Waals surface area contributed by atoms with Crippen molar-refractivity contribution in [2.45, 2.75) is 57.7 Å². The molecule has 0 saturated carbocycles. The third-order valence-corrected chi connectivity index (χ3v) is 3.45. The number of carbonyl (C=O) groups excluding carboxylic acids is 1. The molecular weight excluding hydrogens is 222 g/mol. The van der Waals surface area contributed by atoms with Gasteiger partial charge in [-0.2, -0.15) is 0 Å². The van der Waals surface area contributed by atoms with Gasteiger partial charge in [0.25, 0.3) is 0 Å². The summed E-state index contributed by atoms with van der Waals surface area (Å²) in [5.74, 6) is -0.931. The minimum atomic E-state index is -1.10. The fourth-order valence-corrected chi connectivity index (χ4v) is 2.45. The van der Waals surface area contributed by atoms with Crippen molar-refractivity contribution in [1.29, 1.82) is 0 Å². The molecule has 2 atom stereocenters. The smallest absolute Gasteiger partial charge is 0.329 e. The summed E-state index contributed by atoms with van der Waals surface area (Å²) in [5.41, 5.74) is -1.10. The van der Waals surface area contributed by atoms with E-state index >= 15 is 0 Å². The maximum Gasteiger partial charge on any atom is 0.329 e. The SMILES string of the molecule is CCC1CC(C(=O)O)(N(C=O)C(C)C)CCO1. The lowest BCUT2D eigenvalue weighted by molar-refractivity contribution is -0.168. The fraction of sp³-hybridized carbons (Fsp3) is 0.833. The van der Waals surface area contributed by atoms with Gasteiger partial charge < -0.3 is 14.7 Å². The molecule has 17 heavy (non-hydrogen) atoms. The molecule has 1 aliphatic rings. The molecule has 0 radical (unpaired) electrons. The van der Waals surface area contributed by atoms with Crippen LogP contribution < -0.4 is 0 Å². The van der Waals surface area contributed by atoms with Crippen LogP contribution in [0.25, 0.3) is 0 Å². The Morgan fingerprint density at radius 2 is 2.29 bits per heavy atom. The van der Waals surface area contributed by atoms with E-state index in [1.807, 2.05) is 20.8 Å². The van der Waals surface area contributed by atoms with Gasteiger partial charge in [-0.05, 0) is 20.3 Å². The number of hydrogen-bond acceptors (Lipinski definition) is 3. The van der Waals surface area contributed by atoms with Gasteiger partial charge in [-0.15, -0.1) is 0 Å². The minimum absolute atomic E-state index is 0.0824. The standard InChI is InChI=1S/C12H21NO4/c1-4-10-7-12(11(15)16,5-6-17-10)13(8-14)9(2)3/h8-10H,4-7H2,1-3H3,(H,15,16). The number of hydrogen-bond donors (Lipinski definition) is 1. The van der Waals surface area contributed by atoms with Crippen LogP contribution in [0.4, 0.5) is 0 Å². The molecule has 1 fully saturated rings. The van der Waals surface area contributed by atoms with Crippen molar-refractivity contribution >= 4 is 12.4 Å². The van der Waals surface area contributed by atoms with E-state index in [9.17, 15) is 14.7 Å². The van der Waals surface area contributed by atoms with Crippen LogP contribution in [0.5, 0.6) is 0 Å². The highest BCUT2D eigenvalue weighted by atomic mass is 16.5. The van der Waals surface area contributed by atoms with Gasteiger partial charge in [-0.25, -0.2) is 4.79 Å². The molecule has 0 aromatic rings. The van der Waals surface area contributed by atoms with Crippen LogP contribution in [0.1, 0.15) is 40.0 Å². The number of aliphatic carboxylic acids is 1. The lowest BCUT2D eigenvalue weighted by atomic mass is 9.83. The molecule has 0 aromatic carbocycles. The van der Waals surface area contributed by atoms with Crippen LogP contribution in [-0.4, -0.2) is 46.7 Å². The molecule has 0 spiro atoms. The van der Waals surface area contributed by atoms with Crippen LogP contribution in [-0.2, 0) is 14.3 Å². The molecule has 0 aliphatic carbocycles. The quantitative estimate of drug-likeness (QED) is 0.738. The summed E-state index contributed by atoms with van der Waals surface area (Å²) in [6, 6.07) is -0.126. The Labute approximate surface area is 102 Å². The van der Waals surface area contributed by atoms with Gasteiger partial charge in [-0.3, -0.25) is 4.79 Å². The minimum Gasteiger partial charge on any atom is -0.479 e. The summed E-state index contributed by atoms with van der Waals surface area (Å²) in [6.45, 7) is 6.01. The molecular formula is C12H21NO4.